The van der Waals surface area contributed by atoms with Crippen LogP contribution in [0.25, 0.3) is 0 Å². The normalized spacial score (nSPS) is 10.6. The monoisotopic (exact) mass is 378 g/mol. The minimum Gasteiger partial charge on any atom is -0.497 e. The van der Waals surface area contributed by atoms with E-state index in [1.165, 1.54) is 5.56 Å². The Bertz CT molecular complexity index is 900. The Morgan fingerprint density at radius 1 is 1.00 bits per heavy atom. The summed E-state index contributed by atoms with van der Waals surface area (Å²) >= 11 is 0. The van der Waals surface area contributed by atoms with Gasteiger partial charge >= 0.3 is 0 Å². The van der Waals surface area contributed by atoms with E-state index in [1.807, 2.05) is 42.5 Å². The number of hydrogen-bond donors (Lipinski definition) is 1. The zero-order valence-electron chi connectivity index (χ0n) is 16.7. The van der Waals surface area contributed by atoms with E-state index in [4.69, 9.17) is 14.5 Å². The van der Waals surface area contributed by atoms with Crippen molar-refractivity contribution in [2.45, 2.75) is 26.4 Å². The van der Waals surface area contributed by atoms with Crippen LogP contribution in [0.1, 0.15) is 19.4 Å². The average Bonchev–Trinajstić information content (AvgIpc) is 2.72. The minimum atomic E-state index is 0.252. The van der Waals surface area contributed by atoms with Crippen molar-refractivity contribution < 1.29 is 9.47 Å². The Morgan fingerprint density at radius 2 is 1.79 bits per heavy atom. The third-order valence-corrected chi connectivity index (χ3v) is 4.39. The maximum absolute atomic E-state index is 5.44. The molecule has 0 aliphatic carbocycles. The summed E-state index contributed by atoms with van der Waals surface area (Å²) in [4.78, 5) is 11.4. The standard InChI is InChI=1S/C22H26N4O2/c1-16(2)26(15-17-8-6-5-7-9-17)22-23-13-12-21(25-22)24-19-14-18(27-3)10-11-20(19)28-4/h5-14,16H,15H2,1-4H3,(H,23,24,25). The number of nitrogens with zero attached hydrogens (tertiary/aromatic N) is 3. The summed E-state index contributed by atoms with van der Waals surface area (Å²) in [5, 5.41) is 3.31. The van der Waals surface area contributed by atoms with Crippen LogP contribution < -0.4 is 19.7 Å². The fourth-order valence-corrected chi connectivity index (χ4v) is 2.87. The molecule has 1 N–H and O–H groups in total. The number of ether oxygens (including phenoxy) is 2. The molecule has 0 fully saturated rings. The largest absolute Gasteiger partial charge is 0.497 e. The summed E-state index contributed by atoms with van der Waals surface area (Å²) < 4.78 is 10.8. The third-order valence-electron chi connectivity index (χ3n) is 4.39. The topological polar surface area (TPSA) is 59.5 Å². The van der Waals surface area contributed by atoms with Crippen molar-refractivity contribution in [3.8, 4) is 11.5 Å². The first-order valence-corrected chi connectivity index (χ1v) is 9.23. The van der Waals surface area contributed by atoms with Crippen molar-refractivity contribution in [2.24, 2.45) is 0 Å². The van der Waals surface area contributed by atoms with Gasteiger partial charge in [-0.15, -0.1) is 0 Å². The van der Waals surface area contributed by atoms with Gasteiger partial charge < -0.3 is 19.7 Å². The number of aromatic nitrogens is 2. The molecule has 2 aromatic carbocycles. The van der Waals surface area contributed by atoms with Gasteiger partial charge in [-0.25, -0.2) is 4.98 Å². The smallest absolute Gasteiger partial charge is 0.227 e. The highest BCUT2D eigenvalue weighted by Crippen LogP contribution is 2.31. The van der Waals surface area contributed by atoms with E-state index >= 15 is 0 Å². The lowest BCUT2D eigenvalue weighted by molar-refractivity contribution is 0.405. The maximum Gasteiger partial charge on any atom is 0.227 e. The number of nitrogens with one attached hydrogen (secondary N) is 1. The molecule has 0 bridgehead atoms. The summed E-state index contributed by atoms with van der Waals surface area (Å²) in [6, 6.07) is 18.0. The van der Waals surface area contributed by atoms with Crippen molar-refractivity contribution in [1.29, 1.82) is 0 Å². The molecule has 146 valence electrons. The molecule has 0 amide bonds. The molecule has 3 rings (SSSR count). The molecule has 0 saturated carbocycles. The van der Waals surface area contributed by atoms with Crippen LogP contribution in [0, 0.1) is 0 Å². The Hall–Kier alpha value is -3.28. The van der Waals surface area contributed by atoms with Crippen LogP contribution in [0.2, 0.25) is 0 Å². The van der Waals surface area contributed by atoms with Gasteiger partial charge in [-0.05, 0) is 37.6 Å². The number of benzene rings is 2. The quantitative estimate of drug-likeness (QED) is 0.616. The summed E-state index contributed by atoms with van der Waals surface area (Å²) in [7, 11) is 3.28. The molecule has 1 heterocycles. The van der Waals surface area contributed by atoms with Gasteiger partial charge in [-0.1, -0.05) is 30.3 Å². The first kappa shape index (κ1) is 19.5. The van der Waals surface area contributed by atoms with Gasteiger partial charge in [0.2, 0.25) is 5.95 Å². The minimum absolute atomic E-state index is 0.252. The van der Waals surface area contributed by atoms with Crippen LogP contribution in [0.15, 0.2) is 60.8 Å². The summed E-state index contributed by atoms with van der Waals surface area (Å²) in [5.41, 5.74) is 2.00. The molecule has 28 heavy (non-hydrogen) atoms. The lowest BCUT2D eigenvalue weighted by Crippen LogP contribution is -2.31. The molecule has 0 spiro atoms. The van der Waals surface area contributed by atoms with Gasteiger partial charge in [0.25, 0.3) is 0 Å². The van der Waals surface area contributed by atoms with E-state index in [0.29, 0.717) is 17.5 Å². The second kappa shape index (κ2) is 9.08. The summed E-state index contributed by atoms with van der Waals surface area (Å²) in [5.74, 6) is 2.82. The van der Waals surface area contributed by atoms with Crippen molar-refractivity contribution in [3.05, 3.63) is 66.4 Å². The Kier molecular flexibility index (Phi) is 6.32. The highest BCUT2D eigenvalue weighted by molar-refractivity contribution is 5.66. The molecular weight excluding hydrogens is 352 g/mol. The lowest BCUT2D eigenvalue weighted by Gasteiger charge is -2.27. The fraction of sp³-hybridized carbons (Fsp3) is 0.273. The summed E-state index contributed by atoms with van der Waals surface area (Å²) in [6.07, 6.45) is 1.76. The van der Waals surface area contributed by atoms with Crippen molar-refractivity contribution in [3.63, 3.8) is 0 Å². The van der Waals surface area contributed by atoms with Crippen molar-refractivity contribution in [1.82, 2.24) is 9.97 Å². The van der Waals surface area contributed by atoms with Gasteiger partial charge in [0.1, 0.15) is 17.3 Å². The van der Waals surface area contributed by atoms with Crippen LogP contribution in [-0.2, 0) is 6.54 Å². The molecule has 3 aromatic rings. The highest BCUT2D eigenvalue weighted by Gasteiger charge is 2.15. The molecule has 0 aliphatic rings. The van der Waals surface area contributed by atoms with Crippen molar-refractivity contribution in [2.75, 3.05) is 24.4 Å². The molecule has 6 nitrogen and oxygen atoms in total. The van der Waals surface area contributed by atoms with E-state index in [0.717, 1.165) is 18.0 Å². The zero-order chi connectivity index (χ0) is 19.9. The average molecular weight is 378 g/mol. The van der Waals surface area contributed by atoms with Gasteiger partial charge in [-0.2, -0.15) is 4.98 Å². The first-order valence-electron chi connectivity index (χ1n) is 9.23. The summed E-state index contributed by atoms with van der Waals surface area (Å²) in [6.45, 7) is 5.01. The molecule has 0 atom stereocenters. The molecule has 0 radical (unpaired) electrons. The zero-order valence-corrected chi connectivity index (χ0v) is 16.7. The molecule has 6 heteroatoms. The van der Waals surface area contributed by atoms with Crippen LogP contribution >= 0.6 is 0 Å². The van der Waals surface area contributed by atoms with E-state index in [9.17, 15) is 0 Å². The second-order valence-electron chi connectivity index (χ2n) is 6.64. The first-order chi connectivity index (χ1) is 13.6. The van der Waals surface area contributed by atoms with E-state index < -0.39 is 0 Å². The maximum atomic E-state index is 5.44. The molecule has 0 aliphatic heterocycles. The third kappa shape index (κ3) is 4.71. The SMILES string of the molecule is COc1ccc(OC)c(Nc2ccnc(N(Cc3ccccc3)C(C)C)n2)c1. The predicted molar refractivity (Wildman–Crippen MR) is 113 cm³/mol. The van der Waals surface area contributed by atoms with Gasteiger partial charge in [0, 0.05) is 24.8 Å². The van der Waals surface area contributed by atoms with Crippen molar-refractivity contribution >= 4 is 17.5 Å². The number of hydrogen-bond acceptors (Lipinski definition) is 6. The van der Waals surface area contributed by atoms with E-state index in [2.05, 4.69) is 41.2 Å². The fourth-order valence-electron chi connectivity index (χ4n) is 2.87. The van der Waals surface area contributed by atoms with Crippen LogP contribution in [0.5, 0.6) is 11.5 Å². The molecular formula is C22H26N4O2. The van der Waals surface area contributed by atoms with Crippen LogP contribution in [-0.4, -0.2) is 30.2 Å². The van der Waals surface area contributed by atoms with Gasteiger partial charge in [0.15, 0.2) is 0 Å². The van der Waals surface area contributed by atoms with Gasteiger partial charge in [-0.3, -0.25) is 0 Å². The molecule has 0 unspecified atom stereocenters. The number of methoxy groups -OCH3 is 2. The molecule has 0 saturated heterocycles. The predicted octanol–water partition coefficient (Wildman–Crippen LogP) is 4.65. The van der Waals surface area contributed by atoms with Gasteiger partial charge in [0.05, 0.1) is 19.9 Å². The number of anilines is 3. The van der Waals surface area contributed by atoms with E-state index in [-0.39, 0.29) is 6.04 Å². The second-order valence-corrected chi connectivity index (χ2v) is 6.64. The van der Waals surface area contributed by atoms with Crippen LogP contribution in [0.3, 0.4) is 0 Å². The van der Waals surface area contributed by atoms with E-state index in [1.54, 1.807) is 20.4 Å². The Balaban J connectivity index is 1.87. The van der Waals surface area contributed by atoms with Crippen LogP contribution in [0.4, 0.5) is 17.5 Å². The number of rotatable bonds is 8. The Morgan fingerprint density at radius 3 is 2.46 bits per heavy atom. The lowest BCUT2D eigenvalue weighted by atomic mass is 10.2. The Labute approximate surface area is 166 Å². The molecule has 1 aromatic heterocycles. The highest BCUT2D eigenvalue weighted by atomic mass is 16.5.